The molecule has 2 aromatic carbocycles. The fourth-order valence-electron chi connectivity index (χ4n) is 3.82. The van der Waals surface area contributed by atoms with Crippen LogP contribution in [0.25, 0.3) is 0 Å². The van der Waals surface area contributed by atoms with Gasteiger partial charge in [0.05, 0.1) is 42.7 Å². The third-order valence-corrected chi connectivity index (χ3v) is 5.39. The molecule has 0 bridgehead atoms. The molecule has 0 aliphatic carbocycles. The van der Waals surface area contributed by atoms with E-state index < -0.39 is 18.7 Å². The van der Waals surface area contributed by atoms with E-state index >= 15 is 0 Å². The Bertz CT molecular complexity index is 1290. The van der Waals surface area contributed by atoms with Crippen LogP contribution in [0, 0.1) is 11.3 Å². The van der Waals surface area contributed by atoms with E-state index in [0.29, 0.717) is 23.4 Å². The number of alkyl halides is 3. The summed E-state index contributed by atoms with van der Waals surface area (Å²) in [7, 11) is 0. The fraction of sp³-hybridized carbons (Fsp3) is 0.250. The number of halogens is 3. The van der Waals surface area contributed by atoms with E-state index in [9.17, 15) is 22.8 Å². The average Bonchev–Trinajstić information content (AvgIpc) is 3.21. The zero-order chi connectivity index (χ0) is 25.2. The Labute approximate surface area is 198 Å². The Balaban J connectivity index is 1.52. The fourth-order valence-corrected chi connectivity index (χ4v) is 3.82. The maximum absolute atomic E-state index is 13.4. The van der Waals surface area contributed by atoms with Gasteiger partial charge in [-0.25, -0.2) is 0 Å². The summed E-state index contributed by atoms with van der Waals surface area (Å²) in [6.45, 7) is 0.667. The normalized spacial score (nSPS) is 15.5. The molecule has 2 heterocycles. The highest BCUT2D eigenvalue weighted by molar-refractivity contribution is 6.13. The number of nitrogens with one attached hydrogen (secondary N) is 1. The van der Waals surface area contributed by atoms with Crippen LogP contribution in [0.2, 0.25) is 0 Å². The van der Waals surface area contributed by atoms with Crippen LogP contribution in [-0.2, 0) is 17.9 Å². The average molecular weight is 483 g/mol. The maximum Gasteiger partial charge on any atom is 0.411 e. The van der Waals surface area contributed by atoms with Crippen LogP contribution < -0.4 is 10.2 Å². The first-order chi connectivity index (χ1) is 16.7. The molecule has 1 aliphatic heterocycles. The smallest absolute Gasteiger partial charge is 0.367 e. The van der Waals surface area contributed by atoms with Crippen molar-refractivity contribution in [3.63, 3.8) is 0 Å². The number of hydrogen-bond acceptors (Lipinski definition) is 5. The molecule has 0 radical (unpaired) electrons. The molecule has 3 aromatic rings. The van der Waals surface area contributed by atoms with Gasteiger partial charge in [0, 0.05) is 11.3 Å². The molecule has 1 N–H and O–H groups in total. The Hall–Kier alpha value is -4.17. The zero-order valence-electron chi connectivity index (χ0n) is 18.5. The van der Waals surface area contributed by atoms with Crippen LogP contribution in [0.5, 0.6) is 0 Å². The highest BCUT2D eigenvalue weighted by Crippen LogP contribution is 2.29. The van der Waals surface area contributed by atoms with Crippen molar-refractivity contribution in [2.75, 3.05) is 16.8 Å². The van der Waals surface area contributed by atoms with Crippen molar-refractivity contribution >= 4 is 23.2 Å². The van der Waals surface area contributed by atoms with Crippen molar-refractivity contribution < 1.29 is 27.5 Å². The van der Waals surface area contributed by atoms with Gasteiger partial charge in [-0.05, 0) is 42.8 Å². The Morgan fingerprint density at radius 2 is 2.00 bits per heavy atom. The number of anilines is 2. The second-order valence-corrected chi connectivity index (χ2v) is 8.03. The van der Waals surface area contributed by atoms with Gasteiger partial charge in [0.15, 0.2) is 0 Å². The van der Waals surface area contributed by atoms with Crippen molar-refractivity contribution in [1.82, 2.24) is 9.78 Å². The summed E-state index contributed by atoms with van der Waals surface area (Å²) in [4.78, 5) is 27.7. The van der Waals surface area contributed by atoms with E-state index in [0.717, 1.165) is 0 Å². The van der Waals surface area contributed by atoms with Gasteiger partial charge >= 0.3 is 6.18 Å². The van der Waals surface area contributed by atoms with Gasteiger partial charge in [-0.1, -0.05) is 18.2 Å². The first-order valence-corrected chi connectivity index (χ1v) is 10.6. The lowest BCUT2D eigenvalue weighted by Crippen LogP contribution is -2.47. The summed E-state index contributed by atoms with van der Waals surface area (Å²) in [5.74, 6) is -0.873. The van der Waals surface area contributed by atoms with E-state index in [1.165, 1.54) is 16.9 Å². The van der Waals surface area contributed by atoms with Crippen molar-refractivity contribution in [3.05, 3.63) is 77.1 Å². The van der Waals surface area contributed by atoms with Gasteiger partial charge in [0.25, 0.3) is 11.8 Å². The number of fused-ring (bicyclic) bond motifs is 1. The van der Waals surface area contributed by atoms with E-state index in [2.05, 4.69) is 15.2 Å². The molecule has 0 spiro atoms. The third-order valence-electron chi connectivity index (χ3n) is 5.39. The van der Waals surface area contributed by atoms with Crippen molar-refractivity contribution in [2.45, 2.75) is 32.3 Å². The highest BCUT2D eigenvalue weighted by atomic mass is 19.4. The third kappa shape index (κ3) is 5.33. The minimum Gasteiger partial charge on any atom is -0.367 e. The number of benzene rings is 2. The number of rotatable bonds is 6. The van der Waals surface area contributed by atoms with Crippen LogP contribution in [0.15, 0.2) is 54.7 Å². The number of nitrogens with zero attached hydrogens (tertiary/aromatic N) is 4. The number of ether oxygens (including phenoxy) is 1. The van der Waals surface area contributed by atoms with Crippen molar-refractivity contribution in [3.8, 4) is 6.07 Å². The quantitative estimate of drug-likeness (QED) is 0.568. The topological polar surface area (TPSA) is 100 Å². The summed E-state index contributed by atoms with van der Waals surface area (Å²) < 4.78 is 43.0. The first-order valence-electron chi connectivity index (χ1n) is 10.6. The molecule has 35 heavy (non-hydrogen) atoms. The molecule has 0 saturated heterocycles. The molecule has 180 valence electrons. The lowest BCUT2D eigenvalue weighted by Gasteiger charge is -2.34. The maximum atomic E-state index is 13.4. The van der Waals surface area contributed by atoms with Crippen LogP contribution >= 0.6 is 0 Å². The van der Waals surface area contributed by atoms with Crippen molar-refractivity contribution in [2.24, 2.45) is 0 Å². The Morgan fingerprint density at radius 3 is 2.69 bits per heavy atom. The summed E-state index contributed by atoms with van der Waals surface area (Å²) >= 11 is 0. The van der Waals surface area contributed by atoms with Gasteiger partial charge in [-0.2, -0.15) is 23.5 Å². The molecular weight excluding hydrogens is 463 g/mol. The van der Waals surface area contributed by atoms with Gasteiger partial charge in [-0.15, -0.1) is 0 Å². The summed E-state index contributed by atoms with van der Waals surface area (Å²) in [5.41, 5.74) is 2.11. The van der Waals surface area contributed by atoms with E-state index in [-0.39, 0.29) is 35.5 Å². The lowest BCUT2D eigenvalue weighted by molar-refractivity contribution is -0.176. The first kappa shape index (κ1) is 24.0. The van der Waals surface area contributed by atoms with Crippen LogP contribution in [0.3, 0.4) is 0 Å². The lowest BCUT2D eigenvalue weighted by atomic mass is 10.1. The van der Waals surface area contributed by atoms with Gasteiger partial charge in [0.2, 0.25) is 0 Å². The molecule has 8 nitrogen and oxygen atoms in total. The summed E-state index contributed by atoms with van der Waals surface area (Å²) in [6, 6.07) is 14.4. The second-order valence-electron chi connectivity index (χ2n) is 8.03. The van der Waals surface area contributed by atoms with Crippen LogP contribution in [-0.4, -0.2) is 40.4 Å². The summed E-state index contributed by atoms with van der Waals surface area (Å²) in [5, 5.41) is 16.0. The van der Waals surface area contributed by atoms with E-state index in [1.54, 1.807) is 47.4 Å². The standard InChI is InChI=1S/C24H20F3N5O3/c1-15-12-31-21(20(11-29-31)30-22(33)18-4-2-3-17(9-18)10-28)23(34)32(15)19-7-5-16(6-8-19)13-35-14-24(25,26)27/h2-9,11,15H,12-14H2,1H3,(H,30,33). The minimum absolute atomic E-state index is 0.200. The molecule has 0 fully saturated rings. The molecule has 1 unspecified atom stereocenters. The van der Waals surface area contributed by atoms with Crippen LogP contribution in [0.4, 0.5) is 24.5 Å². The summed E-state index contributed by atoms with van der Waals surface area (Å²) in [6.07, 6.45) is -3.00. The van der Waals surface area contributed by atoms with Gasteiger partial charge in [-0.3, -0.25) is 14.3 Å². The number of carbonyl (C=O) groups is 2. The molecule has 1 aliphatic rings. The Morgan fingerprint density at radius 1 is 1.26 bits per heavy atom. The minimum atomic E-state index is -4.40. The largest absolute Gasteiger partial charge is 0.411 e. The Kier molecular flexibility index (Phi) is 6.57. The molecule has 0 saturated carbocycles. The zero-order valence-corrected chi connectivity index (χ0v) is 18.5. The van der Waals surface area contributed by atoms with Gasteiger partial charge in [0.1, 0.15) is 12.3 Å². The molecule has 4 rings (SSSR count). The number of nitriles is 1. The monoisotopic (exact) mass is 483 g/mol. The van der Waals surface area contributed by atoms with Crippen LogP contribution in [0.1, 0.15) is 38.9 Å². The predicted molar refractivity (Wildman–Crippen MR) is 120 cm³/mol. The number of carbonyl (C=O) groups excluding carboxylic acids is 2. The predicted octanol–water partition coefficient (Wildman–Crippen LogP) is 4.13. The number of amides is 2. The van der Waals surface area contributed by atoms with E-state index in [1.807, 2.05) is 13.0 Å². The number of aromatic nitrogens is 2. The number of hydrogen-bond donors (Lipinski definition) is 1. The molecule has 1 aromatic heterocycles. The molecule has 1 atom stereocenters. The van der Waals surface area contributed by atoms with Crippen molar-refractivity contribution in [1.29, 1.82) is 5.26 Å². The van der Waals surface area contributed by atoms with Gasteiger partial charge < -0.3 is 15.0 Å². The highest BCUT2D eigenvalue weighted by Gasteiger charge is 2.34. The SMILES string of the molecule is CC1Cn2ncc(NC(=O)c3cccc(C#N)c3)c2C(=O)N1c1ccc(COCC(F)(F)F)cc1. The molecular formula is C24H20F3N5O3. The van der Waals surface area contributed by atoms with E-state index in [4.69, 9.17) is 5.26 Å². The molecule has 11 heteroatoms. The second kappa shape index (κ2) is 9.60. The molecule has 2 amide bonds.